The first-order valence-corrected chi connectivity index (χ1v) is 8.96. The highest BCUT2D eigenvalue weighted by Crippen LogP contribution is 2.63. The van der Waals surface area contributed by atoms with Gasteiger partial charge in [-0.1, -0.05) is 30.3 Å². The quantitative estimate of drug-likeness (QED) is 0.778. The van der Waals surface area contributed by atoms with Crippen LogP contribution in [0.5, 0.6) is 11.5 Å². The molecule has 1 aliphatic heterocycles. The highest BCUT2D eigenvalue weighted by Gasteiger charge is 2.77. The highest BCUT2D eigenvalue weighted by atomic mass is 19.4. The number of hydrogen-bond donors (Lipinski definition) is 1. The lowest BCUT2D eigenvalue weighted by Crippen LogP contribution is -2.66. The lowest BCUT2D eigenvalue weighted by atomic mass is 9.59. The van der Waals surface area contributed by atoms with Crippen molar-refractivity contribution in [2.45, 2.75) is 37.5 Å². The smallest absolute Gasteiger partial charge is 0.406 e. The maximum atomic E-state index is 15.0. The molecule has 1 aliphatic carbocycles. The van der Waals surface area contributed by atoms with E-state index in [9.17, 15) is 27.9 Å². The van der Waals surface area contributed by atoms with E-state index in [1.807, 2.05) is 0 Å². The third-order valence-electron chi connectivity index (χ3n) is 5.82. The topological polar surface area (TPSA) is 63.6 Å². The number of rotatable bonds is 1. The molecule has 0 aromatic heterocycles. The first kappa shape index (κ1) is 19.2. The molecule has 29 heavy (non-hydrogen) atoms. The first-order chi connectivity index (χ1) is 13.5. The lowest BCUT2D eigenvalue weighted by molar-refractivity contribution is -0.214. The molecule has 0 radical (unpaired) electrons. The fourth-order valence-corrected chi connectivity index (χ4v) is 4.40. The van der Waals surface area contributed by atoms with Crippen LogP contribution in [0.4, 0.5) is 13.2 Å². The molecule has 0 amide bonds. The predicted molar refractivity (Wildman–Crippen MR) is 97.9 cm³/mol. The molecule has 0 bridgehead atoms. The zero-order valence-electron chi connectivity index (χ0n) is 15.6. The zero-order valence-corrected chi connectivity index (χ0v) is 15.6. The summed E-state index contributed by atoms with van der Waals surface area (Å²) in [5, 5.41) is 10.2. The minimum Gasteiger partial charge on any atom is -0.508 e. The Bertz CT molecular complexity index is 1070. The van der Waals surface area contributed by atoms with E-state index in [4.69, 9.17) is 4.74 Å². The minimum absolute atomic E-state index is 0.0864. The number of aromatic hydroxyl groups is 1. The summed E-state index contributed by atoms with van der Waals surface area (Å²) >= 11 is 0. The van der Waals surface area contributed by atoms with E-state index < -0.39 is 35.2 Å². The number of carbonyl (C=O) groups is 2. The molecule has 2 aromatic rings. The molecule has 1 heterocycles. The summed E-state index contributed by atoms with van der Waals surface area (Å²) in [7, 11) is 0. The molecule has 0 fully saturated rings. The van der Waals surface area contributed by atoms with Gasteiger partial charge >= 0.3 is 6.18 Å². The fourth-order valence-electron chi connectivity index (χ4n) is 4.40. The Morgan fingerprint density at radius 1 is 1.07 bits per heavy atom. The van der Waals surface area contributed by atoms with E-state index in [2.05, 4.69) is 0 Å². The number of benzene rings is 2. The van der Waals surface area contributed by atoms with Gasteiger partial charge in [0.1, 0.15) is 11.5 Å². The summed E-state index contributed by atoms with van der Waals surface area (Å²) in [4.78, 5) is 25.6. The Labute approximate surface area is 164 Å². The molecule has 4 nitrogen and oxygen atoms in total. The van der Waals surface area contributed by atoms with Gasteiger partial charge in [-0.3, -0.25) is 9.59 Å². The molecule has 0 saturated heterocycles. The van der Waals surface area contributed by atoms with Gasteiger partial charge < -0.3 is 9.84 Å². The number of ketones is 2. The number of Topliss-reactive ketones (excluding diaryl/α,β-unsaturated/α-hetero) is 1. The number of carbonyl (C=O) groups excluding carboxylic acids is 2. The van der Waals surface area contributed by atoms with Gasteiger partial charge in [-0.15, -0.1) is 0 Å². The normalized spacial score (nSPS) is 26.3. The van der Waals surface area contributed by atoms with Crippen LogP contribution in [0.25, 0.3) is 0 Å². The zero-order chi connectivity index (χ0) is 21.2. The summed E-state index contributed by atoms with van der Waals surface area (Å²) in [6.45, 7) is 2.91. The van der Waals surface area contributed by atoms with Crippen molar-refractivity contribution in [3.05, 3.63) is 70.8 Å². The van der Waals surface area contributed by atoms with Crippen molar-refractivity contribution >= 4 is 11.6 Å². The van der Waals surface area contributed by atoms with Crippen molar-refractivity contribution in [3.63, 3.8) is 0 Å². The number of alkyl halides is 3. The van der Waals surface area contributed by atoms with Crippen LogP contribution in [0.1, 0.15) is 30.0 Å². The average molecular weight is 402 g/mol. The predicted octanol–water partition coefficient (Wildman–Crippen LogP) is 4.17. The second-order valence-corrected chi connectivity index (χ2v) is 7.47. The number of hydrogen-bond acceptors (Lipinski definition) is 4. The van der Waals surface area contributed by atoms with Crippen LogP contribution in [0.3, 0.4) is 0 Å². The fraction of sp³-hybridized carbons (Fsp3) is 0.273. The Balaban J connectivity index is 2.18. The van der Waals surface area contributed by atoms with Crippen molar-refractivity contribution in [2.24, 2.45) is 0 Å². The van der Waals surface area contributed by atoms with Crippen molar-refractivity contribution in [3.8, 4) is 11.5 Å². The van der Waals surface area contributed by atoms with Gasteiger partial charge in [0.2, 0.25) is 11.4 Å². The van der Waals surface area contributed by atoms with E-state index in [-0.39, 0.29) is 28.2 Å². The SMILES string of the molecule is CC1=CC(=O)[C@@]2(CC1=O)Oc1cc(C)c(O)cc1[C@@]2(c1ccccc1)C(F)(F)F. The number of phenolic OH excluding ortho intramolecular Hbond substituents is 1. The minimum atomic E-state index is -5.00. The van der Waals surface area contributed by atoms with Gasteiger partial charge in [0.15, 0.2) is 11.2 Å². The van der Waals surface area contributed by atoms with Gasteiger partial charge in [-0.2, -0.15) is 13.2 Å². The van der Waals surface area contributed by atoms with Crippen LogP contribution >= 0.6 is 0 Å². The van der Waals surface area contributed by atoms with Crippen molar-refractivity contribution in [1.29, 1.82) is 0 Å². The summed E-state index contributed by atoms with van der Waals surface area (Å²) in [6, 6.07) is 9.19. The summed E-state index contributed by atoms with van der Waals surface area (Å²) in [5.74, 6) is -2.04. The van der Waals surface area contributed by atoms with E-state index >= 15 is 0 Å². The summed E-state index contributed by atoms with van der Waals surface area (Å²) < 4.78 is 50.7. The molecule has 150 valence electrons. The Kier molecular flexibility index (Phi) is 3.95. The average Bonchev–Trinajstić information content (AvgIpc) is 2.92. The van der Waals surface area contributed by atoms with Crippen LogP contribution in [0.15, 0.2) is 54.1 Å². The van der Waals surface area contributed by atoms with Crippen LogP contribution in [0.2, 0.25) is 0 Å². The Morgan fingerprint density at radius 3 is 2.34 bits per heavy atom. The van der Waals surface area contributed by atoms with E-state index in [0.29, 0.717) is 5.56 Å². The van der Waals surface area contributed by atoms with Gasteiger partial charge in [0.05, 0.1) is 6.42 Å². The van der Waals surface area contributed by atoms with Gasteiger partial charge in [-0.25, -0.2) is 0 Å². The van der Waals surface area contributed by atoms with Crippen LogP contribution in [0, 0.1) is 6.92 Å². The van der Waals surface area contributed by atoms with E-state index in [1.54, 1.807) is 6.07 Å². The van der Waals surface area contributed by atoms with Crippen LogP contribution in [-0.2, 0) is 15.0 Å². The maximum absolute atomic E-state index is 15.0. The summed E-state index contributed by atoms with van der Waals surface area (Å²) in [5.41, 5.74) is -5.70. The van der Waals surface area contributed by atoms with Crippen LogP contribution in [-0.4, -0.2) is 28.5 Å². The van der Waals surface area contributed by atoms with Crippen molar-refractivity contribution in [1.82, 2.24) is 0 Å². The van der Waals surface area contributed by atoms with Crippen molar-refractivity contribution in [2.75, 3.05) is 0 Å². The molecule has 2 aliphatic rings. The standard InChI is InChI=1S/C22H17F3O4/c1-12-8-18-15(10-16(12)26)21(22(23,24)25,14-6-4-3-5-7-14)20(29-18)11-17(27)13(2)9-19(20)28/h3-10,26H,11H2,1-2H3/t20-,21-/m1/s1. The summed E-state index contributed by atoms with van der Waals surface area (Å²) in [6.07, 6.45) is -4.83. The third-order valence-corrected chi connectivity index (χ3v) is 5.82. The van der Waals surface area contributed by atoms with Gasteiger partial charge in [-0.05, 0) is 48.8 Å². The Hall–Kier alpha value is -3.09. The van der Waals surface area contributed by atoms with Gasteiger partial charge in [0, 0.05) is 5.56 Å². The molecule has 7 heteroatoms. The molecule has 1 N–H and O–H groups in total. The number of allylic oxidation sites excluding steroid dienone is 1. The van der Waals surface area contributed by atoms with E-state index in [0.717, 1.165) is 12.1 Å². The third kappa shape index (κ3) is 2.33. The van der Waals surface area contributed by atoms with E-state index in [1.165, 1.54) is 44.2 Å². The molecule has 2 atom stereocenters. The largest absolute Gasteiger partial charge is 0.508 e. The number of halogens is 3. The molecule has 4 rings (SSSR count). The lowest BCUT2D eigenvalue weighted by Gasteiger charge is -2.45. The second kappa shape index (κ2) is 5.95. The number of phenols is 1. The number of aryl methyl sites for hydroxylation is 1. The molecule has 0 saturated carbocycles. The van der Waals surface area contributed by atoms with Crippen LogP contribution < -0.4 is 4.74 Å². The Morgan fingerprint density at radius 2 is 1.72 bits per heavy atom. The molecular weight excluding hydrogens is 385 g/mol. The first-order valence-electron chi connectivity index (χ1n) is 8.96. The maximum Gasteiger partial charge on any atom is 0.406 e. The molecule has 1 spiro atoms. The number of ether oxygens (including phenoxy) is 1. The monoisotopic (exact) mass is 402 g/mol. The van der Waals surface area contributed by atoms with Gasteiger partial charge in [0.25, 0.3) is 0 Å². The molecule has 2 aromatic carbocycles. The molecule has 0 unspecified atom stereocenters. The highest BCUT2D eigenvalue weighted by molar-refractivity contribution is 6.14. The second-order valence-electron chi connectivity index (χ2n) is 7.47. The molecular formula is C22H17F3O4. The van der Waals surface area contributed by atoms with Crippen molar-refractivity contribution < 1.29 is 32.6 Å². The number of fused-ring (bicyclic) bond motifs is 1.